The molecule has 1 atom stereocenters. The summed E-state index contributed by atoms with van der Waals surface area (Å²) in [4.78, 5) is 60.8. The molecule has 15 nitrogen and oxygen atoms in total. The van der Waals surface area contributed by atoms with E-state index >= 15 is 0 Å². The molecule has 67 heavy (non-hydrogen) atoms. The molecule has 2 fully saturated rings. The summed E-state index contributed by atoms with van der Waals surface area (Å²) >= 11 is 0. The molecule has 350 valence electrons. The highest BCUT2D eigenvalue weighted by Crippen LogP contribution is 2.27. The zero-order valence-corrected chi connectivity index (χ0v) is 39.5. The molecule has 6 aromatic rings. The summed E-state index contributed by atoms with van der Waals surface area (Å²) in [6.07, 6.45) is 5.97. The molecule has 2 saturated heterocycles. The van der Waals surface area contributed by atoms with Crippen LogP contribution in [-0.4, -0.2) is 98.3 Å². The Morgan fingerprint density at radius 3 is 1.43 bits per heavy atom. The number of carbonyl (C=O) groups excluding carboxylic acids is 4. The second-order valence-corrected chi connectivity index (χ2v) is 20.0. The lowest BCUT2D eigenvalue weighted by atomic mass is 10.00. The Balaban J connectivity index is 0.000000199. The first kappa shape index (κ1) is 48.5. The van der Waals surface area contributed by atoms with Gasteiger partial charge in [0.15, 0.2) is 26.3 Å². The van der Waals surface area contributed by atoms with Crippen LogP contribution in [0.2, 0.25) is 0 Å². The number of amides is 4. The second kappa shape index (κ2) is 21.9. The highest BCUT2D eigenvalue weighted by atomic mass is 32.2. The molecule has 0 spiro atoms. The second-order valence-electron chi connectivity index (χ2n) is 16.7. The fraction of sp³-hybridized carbons (Fsp3) is 0.320. The smallest absolute Gasteiger partial charge is 0.272 e. The van der Waals surface area contributed by atoms with Gasteiger partial charge in [-0.2, -0.15) is 0 Å². The Kier molecular flexibility index (Phi) is 15.9. The number of hydrogen-bond acceptors (Lipinski definition) is 11. The van der Waals surface area contributed by atoms with Crippen LogP contribution in [0.15, 0.2) is 107 Å². The maximum Gasteiger partial charge on any atom is 0.272 e. The number of rotatable bonds is 12. The van der Waals surface area contributed by atoms with Gasteiger partial charge in [-0.15, -0.1) is 0 Å². The van der Waals surface area contributed by atoms with Gasteiger partial charge in [0, 0.05) is 63.2 Å². The zero-order chi connectivity index (χ0) is 47.7. The topological polar surface area (TPSA) is 212 Å². The summed E-state index contributed by atoms with van der Waals surface area (Å²) in [7, 11) is -5.01. The third kappa shape index (κ3) is 12.1. The number of benzene rings is 4. The van der Waals surface area contributed by atoms with Crippen LogP contribution in [0.1, 0.15) is 78.5 Å². The molecular formula is C50H54N6O9S2. The number of nitrogens with one attached hydrogen (secondary N) is 4. The number of anilines is 2. The maximum atomic E-state index is 13.2. The van der Waals surface area contributed by atoms with Gasteiger partial charge in [-0.05, 0) is 120 Å². The quantitative estimate of drug-likeness (QED) is 0.0977. The number of hydrogen-bond donors (Lipinski definition) is 4. The molecule has 2 aromatic heterocycles. The van der Waals surface area contributed by atoms with Crippen LogP contribution in [0, 0.1) is 25.7 Å². The molecule has 0 saturated carbocycles. The van der Waals surface area contributed by atoms with Gasteiger partial charge in [0.1, 0.15) is 5.03 Å². The summed E-state index contributed by atoms with van der Waals surface area (Å²) in [5.41, 5.74) is 3.41. The number of fused-ring (bicyclic) bond motifs is 2. The Hall–Kier alpha value is -6.40. The molecule has 4 N–H and O–H groups in total. The number of aryl methyl sites for hydroxylation is 2. The molecular weight excluding hydrogens is 893 g/mol. The number of ether oxygens (including phenoxy) is 2. The molecule has 4 amide bonds. The SMILES string of the molecule is Cc1ccc(C(=O)Nc2ccc(S(C)(=O)=O)nc2C(=O)NCC2CCOCC2)c2ccccc12.Cc1ccc(C(=O)Nc2ccc(S(C)=O)nc2C(=O)NCC2CCOCC2)c2ccccc12. The van der Waals surface area contributed by atoms with Crippen LogP contribution in [0.25, 0.3) is 21.5 Å². The minimum absolute atomic E-state index is 0.0551. The van der Waals surface area contributed by atoms with Gasteiger partial charge in [0.05, 0.1) is 22.2 Å². The van der Waals surface area contributed by atoms with Crippen molar-refractivity contribution in [2.75, 3.05) is 62.7 Å². The zero-order valence-electron chi connectivity index (χ0n) is 37.8. The summed E-state index contributed by atoms with van der Waals surface area (Å²) in [6, 6.07) is 28.4. The van der Waals surface area contributed by atoms with Crippen LogP contribution in [-0.2, 0) is 30.1 Å². The van der Waals surface area contributed by atoms with E-state index in [2.05, 4.69) is 31.2 Å². The highest BCUT2D eigenvalue weighted by molar-refractivity contribution is 7.90. The fourth-order valence-corrected chi connectivity index (χ4v) is 9.07. The van der Waals surface area contributed by atoms with E-state index in [1.54, 1.807) is 24.3 Å². The highest BCUT2D eigenvalue weighted by Gasteiger charge is 2.24. The van der Waals surface area contributed by atoms with Gasteiger partial charge < -0.3 is 30.7 Å². The van der Waals surface area contributed by atoms with Crippen molar-refractivity contribution in [1.29, 1.82) is 0 Å². The minimum atomic E-state index is -3.65. The van der Waals surface area contributed by atoms with Gasteiger partial charge in [-0.3, -0.25) is 23.4 Å². The Bertz CT molecular complexity index is 2970. The van der Waals surface area contributed by atoms with Crippen LogP contribution < -0.4 is 21.3 Å². The van der Waals surface area contributed by atoms with Crippen LogP contribution in [0.4, 0.5) is 11.4 Å². The van der Waals surface area contributed by atoms with Crippen molar-refractivity contribution in [3.63, 3.8) is 0 Å². The lowest BCUT2D eigenvalue weighted by molar-refractivity contribution is 0.0642. The maximum absolute atomic E-state index is 13.2. The predicted octanol–water partition coefficient (Wildman–Crippen LogP) is 7.04. The van der Waals surface area contributed by atoms with Gasteiger partial charge >= 0.3 is 0 Å². The monoisotopic (exact) mass is 946 g/mol. The molecule has 4 heterocycles. The van der Waals surface area contributed by atoms with E-state index in [0.29, 0.717) is 56.6 Å². The molecule has 8 rings (SSSR count). The molecule has 4 aromatic carbocycles. The summed E-state index contributed by atoms with van der Waals surface area (Å²) < 4.78 is 46.8. The minimum Gasteiger partial charge on any atom is -0.381 e. The fourth-order valence-electron chi connectivity index (χ4n) is 8.01. The van der Waals surface area contributed by atoms with Crippen LogP contribution >= 0.6 is 0 Å². The van der Waals surface area contributed by atoms with E-state index in [9.17, 15) is 31.8 Å². The predicted molar refractivity (Wildman–Crippen MR) is 259 cm³/mol. The molecule has 0 radical (unpaired) electrons. The van der Waals surface area contributed by atoms with Crippen molar-refractivity contribution in [2.24, 2.45) is 11.8 Å². The molecule has 17 heteroatoms. The number of carbonyl (C=O) groups is 4. The van der Waals surface area contributed by atoms with Crippen molar-refractivity contribution in [3.8, 4) is 0 Å². The van der Waals surface area contributed by atoms with E-state index in [-0.39, 0.29) is 44.6 Å². The first-order chi connectivity index (χ1) is 32.2. The largest absolute Gasteiger partial charge is 0.381 e. The summed E-state index contributed by atoms with van der Waals surface area (Å²) in [6.45, 7) is 7.56. The standard InChI is InChI=1S/C25H27N3O5S.C25H27N3O4S/c1-16-7-8-20(19-6-4-3-5-18(16)19)24(29)27-21-9-10-22(34(2,31)32)28-23(21)25(30)26-15-17-11-13-33-14-12-17;1-16-7-8-20(19-6-4-3-5-18(16)19)24(29)27-21-9-10-22(33(2)31)28-23(21)25(30)26-15-17-11-13-32-14-12-17/h3-10,17H,11-15H2,1-2H3,(H,26,30)(H,27,29);3-10,17H,11-15H2,1-2H3,(H,26,30)(H,27,29). The van der Waals surface area contributed by atoms with Crippen molar-refractivity contribution in [1.82, 2.24) is 20.6 Å². The molecule has 0 bridgehead atoms. The van der Waals surface area contributed by atoms with Crippen molar-refractivity contribution in [2.45, 2.75) is 49.6 Å². The molecule has 1 unspecified atom stereocenters. The van der Waals surface area contributed by atoms with E-state index in [1.165, 1.54) is 18.4 Å². The van der Waals surface area contributed by atoms with Gasteiger partial charge in [0.25, 0.3) is 23.6 Å². The average Bonchev–Trinajstić information content (AvgIpc) is 3.33. The Morgan fingerprint density at radius 2 is 1.00 bits per heavy atom. The van der Waals surface area contributed by atoms with Gasteiger partial charge in [-0.1, -0.05) is 60.7 Å². The first-order valence-corrected chi connectivity index (χ1v) is 25.5. The third-order valence-corrected chi connectivity index (χ3v) is 13.7. The Labute approximate surface area is 392 Å². The lowest BCUT2D eigenvalue weighted by Crippen LogP contribution is -2.33. The first-order valence-electron chi connectivity index (χ1n) is 22.0. The van der Waals surface area contributed by atoms with E-state index in [0.717, 1.165) is 64.6 Å². The summed E-state index contributed by atoms with van der Waals surface area (Å²) in [5.74, 6) is -1.09. The van der Waals surface area contributed by atoms with Gasteiger partial charge in [-0.25, -0.2) is 18.4 Å². The molecule has 2 aliphatic rings. The van der Waals surface area contributed by atoms with Crippen LogP contribution in [0.3, 0.4) is 0 Å². The normalized spacial score (nSPS) is 14.9. The Morgan fingerprint density at radius 1 is 0.582 bits per heavy atom. The number of nitrogens with zero attached hydrogens (tertiary/aromatic N) is 2. The van der Waals surface area contributed by atoms with E-state index in [1.807, 2.05) is 74.5 Å². The molecule has 0 aliphatic carbocycles. The number of pyridine rings is 2. The third-order valence-electron chi connectivity index (χ3n) is 11.9. The number of aromatic nitrogens is 2. The molecule has 2 aliphatic heterocycles. The van der Waals surface area contributed by atoms with E-state index in [4.69, 9.17) is 9.47 Å². The number of sulfone groups is 1. The van der Waals surface area contributed by atoms with Crippen LogP contribution in [0.5, 0.6) is 0 Å². The van der Waals surface area contributed by atoms with Crippen molar-refractivity contribution in [3.05, 3.63) is 131 Å². The summed E-state index contributed by atoms with van der Waals surface area (Å²) in [5, 5.41) is 15.0. The lowest BCUT2D eigenvalue weighted by Gasteiger charge is -2.22. The van der Waals surface area contributed by atoms with Crippen molar-refractivity contribution < 1.29 is 41.3 Å². The van der Waals surface area contributed by atoms with Gasteiger partial charge in [0.2, 0.25) is 0 Å². The van der Waals surface area contributed by atoms with Crippen molar-refractivity contribution >= 4 is 77.2 Å². The average molecular weight is 947 g/mol. The van der Waals surface area contributed by atoms with E-state index < -0.39 is 38.4 Å².